The molecule has 0 atom stereocenters. The highest BCUT2D eigenvalue weighted by molar-refractivity contribution is 7.23. The first kappa shape index (κ1) is 67.4. The molecule has 0 saturated carbocycles. The summed E-state index contributed by atoms with van der Waals surface area (Å²) < 4.78 is 11.8. The summed E-state index contributed by atoms with van der Waals surface area (Å²) in [7, 11) is -5.71. The molecule has 4 spiro atoms. The van der Waals surface area contributed by atoms with Crippen molar-refractivity contribution < 1.29 is 4.74 Å². The molecular weight excluding hydrogens is 1500 g/mol. The molecule has 0 saturated heterocycles. The Labute approximate surface area is 702 Å². The zero-order valence-electron chi connectivity index (χ0n) is 67.1. The molecule has 0 unspecified atom stereocenters. The summed E-state index contributed by atoms with van der Waals surface area (Å²) in [5.74, 6) is 1.92. The van der Waals surface area contributed by atoms with Crippen LogP contribution in [0.15, 0.2) is 388 Å². The van der Waals surface area contributed by atoms with E-state index in [1.54, 1.807) is 0 Å². The van der Waals surface area contributed by atoms with E-state index < -0.39 is 27.0 Å². The number of hydrogen-bond donors (Lipinski definition) is 0. The average molecular weight is 1570 g/mol. The van der Waals surface area contributed by atoms with Crippen molar-refractivity contribution in [2.75, 3.05) is 9.80 Å². The topological polar surface area (TPSA) is 24.5 Å². The molecule has 0 amide bonds. The lowest BCUT2D eigenvalue weighted by atomic mass is 9.61. The fourth-order valence-corrected chi connectivity index (χ4v) is 35.7. The third-order valence-electron chi connectivity index (χ3n) is 28.8. The predicted octanol–water partition coefficient (Wildman–Crippen LogP) is 22.7. The van der Waals surface area contributed by atoms with Crippen molar-refractivity contribution in [1.29, 1.82) is 0 Å². The smallest absolute Gasteiger partial charge is 0.188 e. The standard InChI is InChI=1S/C57H38N2OSi.C57H38N2Si/c1-35-27-29-48-44(31-35)57(42-17-5-11-23-52(42)61(53-24-12-6-18-43(53)57)54-25-13-9-21-50(54)60-51-22-10-14-26-55(51)61)45-32-36(2)28-30-49(45)58(48)37-33-40-38-15-3-7-19-46(38)59-47-20-8-4-16-39(47)41(34-37)56(40)59;1-35-27-29-50-46(31-35)57(44-19-7-13-25-54(44)60(55-26-14-8-20-45(55)57)52-23-11-5-17-40(52)41-18-6-12-24-53(41)60)47-32-36(2)28-30-51(47)58(50)37-33-42-38-15-3-9-21-48(38)59-49-22-10-4-16-39(49)43(34-37)56(42)59/h3-34H,1-2H3;3-34H,1-2H3. The molecule has 18 aromatic carbocycles. The van der Waals surface area contributed by atoms with Gasteiger partial charge in [0, 0.05) is 54.5 Å². The highest BCUT2D eigenvalue weighted by atomic mass is 28.3. The molecule has 22 aromatic rings. The highest BCUT2D eigenvalue weighted by Crippen LogP contribution is 2.63. The van der Waals surface area contributed by atoms with Crippen molar-refractivity contribution >= 4 is 168 Å². The lowest BCUT2D eigenvalue weighted by Crippen LogP contribution is -2.80. The van der Waals surface area contributed by atoms with Gasteiger partial charge in [-0.05, 0) is 210 Å². The summed E-state index contributed by atoms with van der Waals surface area (Å²) in [5, 5.41) is 21.7. The third kappa shape index (κ3) is 8.26. The van der Waals surface area contributed by atoms with Crippen LogP contribution in [0.5, 0.6) is 11.5 Å². The van der Waals surface area contributed by atoms with Gasteiger partial charge < -0.3 is 23.3 Å². The van der Waals surface area contributed by atoms with Crippen molar-refractivity contribution in [3.05, 3.63) is 455 Å². The average Bonchev–Trinajstić information content (AvgIpc) is 1.21. The van der Waals surface area contributed by atoms with E-state index in [0.29, 0.717) is 0 Å². The van der Waals surface area contributed by atoms with Gasteiger partial charge in [-0.3, -0.25) is 0 Å². The van der Waals surface area contributed by atoms with Crippen LogP contribution in [0, 0.1) is 27.7 Å². The normalized spacial score (nSPS) is 15.1. The van der Waals surface area contributed by atoms with Gasteiger partial charge in [-0.1, -0.05) is 326 Å². The van der Waals surface area contributed by atoms with E-state index in [2.05, 4.69) is 435 Å². The summed E-state index contributed by atoms with van der Waals surface area (Å²) in [6, 6.07) is 149. The number of aryl methyl sites for hydroxylation is 4. The largest absolute Gasteiger partial charge is 0.458 e. The highest BCUT2D eigenvalue weighted by Gasteiger charge is 2.63. The Morgan fingerprint density at radius 2 is 0.463 bits per heavy atom. The predicted molar refractivity (Wildman–Crippen MR) is 508 cm³/mol. The van der Waals surface area contributed by atoms with Gasteiger partial charge in [0.25, 0.3) is 0 Å². The van der Waals surface area contributed by atoms with Gasteiger partial charge in [0.1, 0.15) is 11.5 Å². The van der Waals surface area contributed by atoms with E-state index in [-0.39, 0.29) is 0 Å². The number of rotatable bonds is 2. The summed E-state index contributed by atoms with van der Waals surface area (Å²) in [4.78, 5) is 5.16. The Kier molecular flexibility index (Phi) is 13.4. The minimum absolute atomic E-state index is 0.569. The molecular formula is C114H76N4OSi2. The van der Waals surface area contributed by atoms with Crippen molar-refractivity contribution in [3.63, 3.8) is 0 Å². The number of benzene rings is 18. The Hall–Kier alpha value is -14.6. The summed E-state index contributed by atoms with van der Waals surface area (Å²) in [6.45, 7) is 9.04. The Morgan fingerprint density at radius 1 is 0.215 bits per heavy atom. The molecule has 4 aromatic heterocycles. The van der Waals surface area contributed by atoms with Gasteiger partial charge in [0.2, 0.25) is 0 Å². The first-order valence-corrected chi connectivity index (χ1v) is 46.5. The summed E-state index contributed by atoms with van der Waals surface area (Å²) in [5.41, 5.74) is 32.2. The van der Waals surface area contributed by atoms with Crippen LogP contribution < -0.4 is 56.0 Å². The van der Waals surface area contributed by atoms with Gasteiger partial charge in [-0.25, -0.2) is 0 Å². The quantitative estimate of drug-likeness (QED) is 0.161. The summed E-state index contributed by atoms with van der Waals surface area (Å²) >= 11 is 0. The van der Waals surface area contributed by atoms with E-state index in [1.807, 2.05) is 0 Å². The van der Waals surface area contributed by atoms with Gasteiger partial charge in [0.05, 0.1) is 66.7 Å². The van der Waals surface area contributed by atoms with Crippen molar-refractivity contribution in [2.24, 2.45) is 0 Å². The molecule has 10 heterocycles. The molecule has 6 aliphatic rings. The molecule has 0 aliphatic carbocycles. The molecule has 0 radical (unpaired) electrons. The number of para-hydroxylation sites is 6. The number of aromatic nitrogens is 2. The SMILES string of the molecule is Cc1ccc2c(c1)C1(c3cc(C)ccc3N2c2cc3c4ccccc4n4c5ccccc5c(c2)c34)c2ccccc2[Si]2(c3ccccc3-c3ccccc32)c2ccccc21.Cc1ccc2c(c1)C1(c3cc(C)ccc3N2c2cc3c4ccccc4n4c5ccccc5c(c2)c34)c2ccccc2[Si]2(c3ccccc3Oc3ccccc32)c2ccccc21. The molecule has 0 bridgehead atoms. The van der Waals surface area contributed by atoms with E-state index >= 15 is 0 Å². The van der Waals surface area contributed by atoms with Crippen LogP contribution in [0.2, 0.25) is 0 Å². The van der Waals surface area contributed by atoms with Crippen LogP contribution in [-0.4, -0.2) is 24.9 Å². The Balaban J connectivity index is 0.000000128. The Bertz CT molecular complexity index is 7860. The van der Waals surface area contributed by atoms with Gasteiger partial charge in [0.15, 0.2) is 16.1 Å². The number of hydrogen-bond acceptors (Lipinski definition) is 3. The van der Waals surface area contributed by atoms with Crippen LogP contribution in [0.3, 0.4) is 0 Å². The molecule has 121 heavy (non-hydrogen) atoms. The lowest BCUT2D eigenvalue weighted by molar-refractivity contribution is 0.487. The van der Waals surface area contributed by atoms with Crippen LogP contribution >= 0.6 is 0 Å². The third-order valence-corrected chi connectivity index (χ3v) is 38.7. The maximum Gasteiger partial charge on any atom is 0.188 e. The second-order valence-corrected chi connectivity index (χ2v) is 41.9. The number of anilines is 6. The molecule has 0 N–H and O–H groups in total. The van der Waals surface area contributed by atoms with E-state index in [1.165, 1.54) is 230 Å². The van der Waals surface area contributed by atoms with Crippen LogP contribution in [0.1, 0.15) is 66.8 Å². The van der Waals surface area contributed by atoms with Gasteiger partial charge >= 0.3 is 0 Å². The lowest BCUT2D eigenvalue weighted by Gasteiger charge is -2.54. The van der Waals surface area contributed by atoms with E-state index in [4.69, 9.17) is 4.74 Å². The van der Waals surface area contributed by atoms with E-state index in [0.717, 1.165) is 11.5 Å². The zero-order valence-corrected chi connectivity index (χ0v) is 69.1. The maximum atomic E-state index is 6.80. The number of ether oxygens (including phenoxy) is 1. The Morgan fingerprint density at radius 3 is 0.777 bits per heavy atom. The monoisotopic (exact) mass is 1570 g/mol. The summed E-state index contributed by atoms with van der Waals surface area (Å²) in [6.07, 6.45) is 0. The maximum absolute atomic E-state index is 6.80. The van der Waals surface area contributed by atoms with Crippen LogP contribution in [0.25, 0.3) is 87.3 Å². The number of nitrogens with zero attached hydrogens (tertiary/aromatic N) is 4. The molecule has 28 rings (SSSR count). The first-order chi connectivity index (χ1) is 59.7. The van der Waals surface area contributed by atoms with Crippen LogP contribution in [0.4, 0.5) is 34.1 Å². The molecule has 5 nitrogen and oxygen atoms in total. The molecule has 7 heteroatoms. The van der Waals surface area contributed by atoms with Crippen molar-refractivity contribution in [3.8, 4) is 22.6 Å². The fraction of sp³-hybridized carbons (Fsp3) is 0.0526. The molecule has 0 fully saturated rings. The van der Waals surface area contributed by atoms with Crippen molar-refractivity contribution in [2.45, 2.75) is 38.5 Å². The molecule has 6 aliphatic heterocycles. The minimum atomic E-state index is -2.94. The number of fused-ring (bicyclic) bond motifs is 41. The first-order valence-electron chi connectivity index (χ1n) is 42.5. The van der Waals surface area contributed by atoms with Crippen molar-refractivity contribution in [1.82, 2.24) is 8.80 Å². The zero-order chi connectivity index (χ0) is 79.7. The minimum Gasteiger partial charge on any atom is -0.458 e. The second-order valence-electron chi connectivity index (χ2n) is 34.6. The molecule has 566 valence electrons. The fourth-order valence-electron chi connectivity index (χ4n) is 24.5. The second kappa shape index (κ2) is 24.1. The van der Waals surface area contributed by atoms with Gasteiger partial charge in [-0.15, -0.1) is 0 Å². The van der Waals surface area contributed by atoms with Gasteiger partial charge in [-0.2, -0.15) is 0 Å². The van der Waals surface area contributed by atoms with E-state index in [9.17, 15) is 0 Å². The van der Waals surface area contributed by atoms with Crippen LogP contribution in [-0.2, 0) is 10.8 Å².